The Morgan fingerprint density at radius 1 is 1.42 bits per heavy atom. The van der Waals surface area contributed by atoms with Crippen LogP contribution in [0.1, 0.15) is 23.7 Å². The average molecular weight is 207 g/mol. The van der Waals surface area contributed by atoms with E-state index in [0.29, 0.717) is 0 Å². The number of rotatable bonds is 0. The van der Waals surface area contributed by atoms with Crippen LogP contribution in [0.4, 0.5) is 0 Å². The van der Waals surface area contributed by atoms with Crippen LogP contribution in [0.15, 0.2) is 18.3 Å². The van der Waals surface area contributed by atoms with Gasteiger partial charge < -0.3 is 5.73 Å². The van der Waals surface area contributed by atoms with Gasteiger partial charge in [0.2, 0.25) is 0 Å². The van der Waals surface area contributed by atoms with Crippen molar-refractivity contribution in [1.29, 1.82) is 0 Å². The van der Waals surface area contributed by atoms with E-state index in [2.05, 4.69) is 11.1 Å². The number of aromatic nitrogens is 1. The fourth-order valence-corrected chi connectivity index (χ4v) is 1.44. The third kappa shape index (κ3) is 1.89. The van der Waals surface area contributed by atoms with Gasteiger partial charge in [-0.15, -0.1) is 24.8 Å². The summed E-state index contributed by atoms with van der Waals surface area (Å²) in [4.78, 5) is 4.22. The van der Waals surface area contributed by atoms with Gasteiger partial charge in [-0.2, -0.15) is 0 Å². The van der Waals surface area contributed by atoms with Crippen LogP contribution in [0.25, 0.3) is 0 Å². The Kier molecular flexibility index (Phi) is 4.53. The van der Waals surface area contributed by atoms with Crippen molar-refractivity contribution in [3.8, 4) is 0 Å². The number of nitrogens with two attached hydrogens (primary N) is 1. The topological polar surface area (TPSA) is 38.9 Å². The minimum Gasteiger partial charge on any atom is -0.323 e. The predicted octanol–water partition coefficient (Wildman–Crippen LogP) is 1.87. The molecule has 0 amide bonds. The summed E-state index contributed by atoms with van der Waals surface area (Å²) in [5, 5.41) is 0. The average Bonchev–Trinajstić information content (AvgIpc) is 2.34. The Hall–Kier alpha value is -0.310. The molecule has 0 radical (unpaired) electrons. The number of hydrogen-bond acceptors (Lipinski definition) is 2. The van der Waals surface area contributed by atoms with Crippen molar-refractivity contribution in [2.45, 2.75) is 18.9 Å². The van der Waals surface area contributed by atoms with Crippen molar-refractivity contribution < 1.29 is 0 Å². The lowest BCUT2D eigenvalue weighted by Gasteiger charge is -2.00. The van der Waals surface area contributed by atoms with E-state index in [1.807, 2.05) is 12.3 Å². The molecule has 1 aromatic rings. The SMILES string of the molecule is Cl.Cl.N[C@@H]1CCc2cccnc21. The van der Waals surface area contributed by atoms with E-state index in [1.165, 1.54) is 5.56 Å². The van der Waals surface area contributed by atoms with Crippen LogP contribution in [-0.2, 0) is 6.42 Å². The highest BCUT2D eigenvalue weighted by Gasteiger charge is 2.18. The molecule has 0 saturated carbocycles. The summed E-state index contributed by atoms with van der Waals surface area (Å²) in [6, 6.07) is 4.27. The smallest absolute Gasteiger partial charge is 0.0602 e. The normalized spacial score (nSPS) is 18.9. The maximum absolute atomic E-state index is 5.78. The molecule has 2 rings (SSSR count). The minimum absolute atomic E-state index is 0. The van der Waals surface area contributed by atoms with Gasteiger partial charge in [-0.05, 0) is 24.5 Å². The molecular weight excluding hydrogens is 195 g/mol. The number of aryl methyl sites for hydroxylation is 1. The minimum atomic E-state index is 0. The molecule has 12 heavy (non-hydrogen) atoms. The second-order valence-electron chi connectivity index (χ2n) is 2.69. The van der Waals surface area contributed by atoms with Gasteiger partial charge in [-0.1, -0.05) is 6.07 Å². The van der Waals surface area contributed by atoms with E-state index in [4.69, 9.17) is 5.73 Å². The Bertz CT molecular complexity index is 253. The molecule has 0 fully saturated rings. The molecule has 1 atom stereocenters. The number of nitrogens with zero attached hydrogens (tertiary/aromatic N) is 1. The molecule has 0 aliphatic heterocycles. The van der Waals surface area contributed by atoms with Crippen molar-refractivity contribution in [3.63, 3.8) is 0 Å². The van der Waals surface area contributed by atoms with Gasteiger partial charge in [0.1, 0.15) is 0 Å². The lowest BCUT2D eigenvalue weighted by Crippen LogP contribution is -2.06. The summed E-state index contributed by atoms with van der Waals surface area (Å²) < 4.78 is 0. The second kappa shape index (κ2) is 4.65. The summed E-state index contributed by atoms with van der Waals surface area (Å²) >= 11 is 0. The van der Waals surface area contributed by atoms with Crippen LogP contribution in [0.5, 0.6) is 0 Å². The van der Waals surface area contributed by atoms with Crippen molar-refractivity contribution in [1.82, 2.24) is 4.98 Å². The van der Waals surface area contributed by atoms with Gasteiger partial charge in [-0.25, -0.2) is 0 Å². The van der Waals surface area contributed by atoms with Gasteiger partial charge in [0.15, 0.2) is 0 Å². The lowest BCUT2D eigenvalue weighted by atomic mass is 10.2. The van der Waals surface area contributed by atoms with E-state index in [0.717, 1.165) is 18.5 Å². The Morgan fingerprint density at radius 2 is 2.17 bits per heavy atom. The molecule has 0 aromatic carbocycles. The van der Waals surface area contributed by atoms with E-state index < -0.39 is 0 Å². The molecule has 2 N–H and O–H groups in total. The zero-order valence-corrected chi connectivity index (χ0v) is 8.20. The Balaban J connectivity index is 0.000000605. The maximum atomic E-state index is 5.78. The zero-order chi connectivity index (χ0) is 6.97. The highest BCUT2D eigenvalue weighted by atomic mass is 35.5. The van der Waals surface area contributed by atoms with Crippen molar-refractivity contribution in [2.75, 3.05) is 0 Å². The standard InChI is InChI=1S/C8H10N2.2ClH/c9-7-4-3-6-2-1-5-10-8(6)7;;/h1-2,5,7H,3-4,9H2;2*1H/t7-;;/m1../s1. The zero-order valence-electron chi connectivity index (χ0n) is 6.56. The summed E-state index contributed by atoms with van der Waals surface area (Å²) in [5.74, 6) is 0. The molecule has 0 bridgehead atoms. The number of pyridine rings is 1. The van der Waals surface area contributed by atoms with E-state index in [-0.39, 0.29) is 30.9 Å². The molecular formula is C8H12Cl2N2. The Morgan fingerprint density at radius 3 is 2.83 bits per heavy atom. The van der Waals surface area contributed by atoms with Crippen LogP contribution >= 0.6 is 24.8 Å². The van der Waals surface area contributed by atoms with Gasteiger partial charge >= 0.3 is 0 Å². The summed E-state index contributed by atoms with van der Waals surface area (Å²) in [5.41, 5.74) is 8.21. The monoisotopic (exact) mass is 206 g/mol. The first kappa shape index (κ1) is 11.7. The Labute approximate surface area is 84.4 Å². The fraction of sp³-hybridized carbons (Fsp3) is 0.375. The first-order valence-corrected chi connectivity index (χ1v) is 3.57. The van der Waals surface area contributed by atoms with E-state index in [1.54, 1.807) is 0 Å². The summed E-state index contributed by atoms with van der Waals surface area (Å²) in [6.07, 6.45) is 3.97. The maximum Gasteiger partial charge on any atom is 0.0602 e. The van der Waals surface area contributed by atoms with Crippen LogP contribution in [0, 0.1) is 0 Å². The number of fused-ring (bicyclic) bond motifs is 1. The summed E-state index contributed by atoms with van der Waals surface area (Å²) in [7, 11) is 0. The molecule has 68 valence electrons. The largest absolute Gasteiger partial charge is 0.323 e. The predicted molar refractivity (Wildman–Crippen MR) is 54.0 cm³/mol. The molecule has 0 saturated heterocycles. The molecule has 0 unspecified atom stereocenters. The molecule has 1 heterocycles. The molecule has 4 heteroatoms. The number of hydrogen-bond donors (Lipinski definition) is 1. The first-order chi connectivity index (χ1) is 4.88. The van der Waals surface area contributed by atoms with Gasteiger partial charge in [0, 0.05) is 12.2 Å². The molecule has 1 aromatic heterocycles. The molecule has 1 aliphatic rings. The van der Waals surface area contributed by atoms with Gasteiger partial charge in [0.05, 0.1) is 5.69 Å². The van der Waals surface area contributed by atoms with Crippen LogP contribution in [0.3, 0.4) is 0 Å². The van der Waals surface area contributed by atoms with Crippen molar-refractivity contribution in [2.24, 2.45) is 5.73 Å². The van der Waals surface area contributed by atoms with Gasteiger partial charge in [0.25, 0.3) is 0 Å². The number of halogens is 2. The van der Waals surface area contributed by atoms with Crippen molar-refractivity contribution in [3.05, 3.63) is 29.6 Å². The highest BCUT2D eigenvalue weighted by Crippen LogP contribution is 2.25. The third-order valence-corrected chi connectivity index (χ3v) is 2.00. The highest BCUT2D eigenvalue weighted by molar-refractivity contribution is 5.85. The first-order valence-electron chi connectivity index (χ1n) is 3.57. The third-order valence-electron chi connectivity index (χ3n) is 2.00. The summed E-state index contributed by atoms with van der Waals surface area (Å²) in [6.45, 7) is 0. The van der Waals surface area contributed by atoms with Gasteiger partial charge in [-0.3, -0.25) is 4.98 Å². The molecule has 0 spiro atoms. The second-order valence-corrected chi connectivity index (χ2v) is 2.69. The van der Waals surface area contributed by atoms with Crippen LogP contribution in [0.2, 0.25) is 0 Å². The van der Waals surface area contributed by atoms with Crippen LogP contribution < -0.4 is 5.73 Å². The molecule has 2 nitrogen and oxygen atoms in total. The van der Waals surface area contributed by atoms with E-state index in [9.17, 15) is 0 Å². The van der Waals surface area contributed by atoms with Crippen molar-refractivity contribution >= 4 is 24.8 Å². The fourth-order valence-electron chi connectivity index (χ4n) is 1.44. The molecule has 1 aliphatic carbocycles. The quantitative estimate of drug-likeness (QED) is 0.705. The van der Waals surface area contributed by atoms with E-state index >= 15 is 0 Å². The lowest BCUT2D eigenvalue weighted by molar-refractivity contribution is 0.698. The van der Waals surface area contributed by atoms with Crippen LogP contribution in [-0.4, -0.2) is 4.98 Å².